The van der Waals surface area contributed by atoms with Crippen molar-refractivity contribution in [3.63, 3.8) is 0 Å². The maximum Gasteiger partial charge on any atom is 0.343 e. The van der Waals surface area contributed by atoms with Gasteiger partial charge in [0.05, 0.1) is 31.5 Å². The molecule has 3 aromatic rings. The first-order valence-corrected chi connectivity index (χ1v) is 12.9. The quantitative estimate of drug-likeness (QED) is 0.102. The summed E-state index contributed by atoms with van der Waals surface area (Å²) in [6.07, 6.45) is 4.35. The number of esters is 1. The Balaban J connectivity index is 1.39. The highest BCUT2D eigenvalue weighted by molar-refractivity contribution is 5.96. The minimum Gasteiger partial charge on any atom is -0.494 e. The van der Waals surface area contributed by atoms with E-state index < -0.39 is 11.9 Å². The van der Waals surface area contributed by atoms with E-state index in [9.17, 15) is 14.4 Å². The average molecular weight is 532 g/mol. The Morgan fingerprint density at radius 1 is 0.744 bits per heavy atom. The second-order valence-electron chi connectivity index (χ2n) is 8.53. The zero-order valence-electron chi connectivity index (χ0n) is 22.1. The molecule has 0 unspecified atom stereocenters. The van der Waals surface area contributed by atoms with E-state index in [1.54, 1.807) is 72.8 Å². The van der Waals surface area contributed by atoms with Crippen molar-refractivity contribution in [2.45, 2.75) is 33.1 Å². The number of hydrogen-bond acceptors (Lipinski definition) is 7. The van der Waals surface area contributed by atoms with Gasteiger partial charge in [0.1, 0.15) is 17.2 Å². The first-order valence-electron chi connectivity index (χ1n) is 12.9. The third-order valence-corrected chi connectivity index (χ3v) is 5.35. The molecule has 0 atom stereocenters. The molecule has 39 heavy (non-hydrogen) atoms. The van der Waals surface area contributed by atoms with E-state index in [1.807, 2.05) is 6.92 Å². The van der Waals surface area contributed by atoms with E-state index in [2.05, 4.69) is 22.8 Å². The summed E-state index contributed by atoms with van der Waals surface area (Å²) in [6.45, 7) is 5.12. The van der Waals surface area contributed by atoms with Gasteiger partial charge < -0.3 is 19.5 Å². The molecule has 0 fully saturated rings. The predicted molar refractivity (Wildman–Crippen MR) is 149 cm³/mol. The van der Waals surface area contributed by atoms with Crippen LogP contribution in [0.3, 0.4) is 0 Å². The molecule has 0 bridgehead atoms. The van der Waals surface area contributed by atoms with Crippen molar-refractivity contribution >= 4 is 24.0 Å². The summed E-state index contributed by atoms with van der Waals surface area (Å²) in [5, 5.41) is 6.44. The average Bonchev–Trinajstić information content (AvgIpc) is 2.96. The largest absolute Gasteiger partial charge is 0.494 e. The monoisotopic (exact) mass is 531 g/mol. The van der Waals surface area contributed by atoms with Crippen molar-refractivity contribution in [2.24, 2.45) is 5.10 Å². The predicted octanol–water partition coefficient (Wildman–Crippen LogP) is 4.75. The molecule has 3 rings (SSSR count). The zero-order chi connectivity index (χ0) is 27.9. The van der Waals surface area contributed by atoms with Gasteiger partial charge in [-0.3, -0.25) is 9.59 Å². The van der Waals surface area contributed by atoms with Crippen LogP contribution in [0.2, 0.25) is 0 Å². The van der Waals surface area contributed by atoms with Crippen LogP contribution in [-0.2, 0) is 4.79 Å². The van der Waals surface area contributed by atoms with Gasteiger partial charge >= 0.3 is 5.97 Å². The minimum absolute atomic E-state index is 0.231. The van der Waals surface area contributed by atoms with Crippen LogP contribution in [0.15, 0.2) is 77.9 Å². The summed E-state index contributed by atoms with van der Waals surface area (Å²) < 4.78 is 16.5. The number of rotatable bonds is 14. The molecule has 0 spiro atoms. The number of nitrogens with one attached hydrogen (secondary N) is 2. The molecule has 0 aromatic heterocycles. The number of carbonyl (C=O) groups is 3. The molecule has 3 aromatic carbocycles. The molecule has 9 nitrogen and oxygen atoms in total. The molecule has 0 aliphatic carbocycles. The Morgan fingerprint density at radius 3 is 1.95 bits per heavy atom. The Morgan fingerprint density at radius 2 is 1.33 bits per heavy atom. The molecule has 0 aliphatic rings. The van der Waals surface area contributed by atoms with Crippen molar-refractivity contribution in [2.75, 3.05) is 19.8 Å². The van der Waals surface area contributed by atoms with E-state index in [1.165, 1.54) is 6.21 Å². The van der Waals surface area contributed by atoms with Gasteiger partial charge in [-0.2, -0.15) is 5.10 Å². The molecular weight excluding hydrogens is 498 g/mol. The van der Waals surface area contributed by atoms with Gasteiger partial charge in [0.25, 0.3) is 11.8 Å². The molecular formula is C30H33N3O6. The van der Waals surface area contributed by atoms with Crippen LogP contribution in [0.5, 0.6) is 17.2 Å². The van der Waals surface area contributed by atoms with E-state index >= 15 is 0 Å². The van der Waals surface area contributed by atoms with Crippen LogP contribution in [0, 0.1) is 0 Å². The van der Waals surface area contributed by atoms with Crippen molar-refractivity contribution in [3.05, 3.63) is 89.5 Å². The maximum atomic E-state index is 12.4. The lowest BCUT2D eigenvalue weighted by Crippen LogP contribution is -2.34. The van der Waals surface area contributed by atoms with Gasteiger partial charge in [-0.05, 0) is 91.2 Å². The number of ether oxygens (including phenoxy) is 3. The van der Waals surface area contributed by atoms with Crippen LogP contribution in [0.4, 0.5) is 0 Å². The fraction of sp³-hybridized carbons (Fsp3) is 0.267. The number of unbranched alkanes of at least 4 members (excludes halogenated alkanes) is 1. The van der Waals surface area contributed by atoms with Crippen LogP contribution in [0.1, 0.15) is 59.4 Å². The van der Waals surface area contributed by atoms with Crippen molar-refractivity contribution in [1.29, 1.82) is 0 Å². The summed E-state index contributed by atoms with van der Waals surface area (Å²) >= 11 is 0. The van der Waals surface area contributed by atoms with Crippen LogP contribution in [-0.4, -0.2) is 43.8 Å². The van der Waals surface area contributed by atoms with Crippen LogP contribution in [0.25, 0.3) is 0 Å². The maximum absolute atomic E-state index is 12.4. The molecule has 0 saturated heterocycles. The number of hydrazone groups is 1. The second kappa shape index (κ2) is 15.6. The molecule has 0 heterocycles. The van der Waals surface area contributed by atoms with Crippen LogP contribution < -0.4 is 25.0 Å². The Kier molecular flexibility index (Phi) is 11.5. The SMILES string of the molecule is CCCCOc1ccc(C(=O)NCC(=O)NN=Cc2ccc(OC(=O)c3ccc(OCCC)cc3)cc2)cc1. The fourth-order valence-corrected chi connectivity index (χ4v) is 3.21. The normalized spacial score (nSPS) is 10.6. The van der Waals surface area contributed by atoms with Gasteiger partial charge in [-0.15, -0.1) is 0 Å². The minimum atomic E-state index is -0.482. The molecule has 0 aliphatic heterocycles. The lowest BCUT2D eigenvalue weighted by atomic mass is 10.2. The number of hydrogen-bond donors (Lipinski definition) is 2. The van der Waals surface area contributed by atoms with Gasteiger partial charge in [0.15, 0.2) is 0 Å². The highest BCUT2D eigenvalue weighted by Crippen LogP contribution is 2.17. The summed E-state index contributed by atoms with van der Waals surface area (Å²) in [6, 6.07) is 20.1. The molecule has 0 saturated carbocycles. The van der Waals surface area contributed by atoms with Gasteiger partial charge in [0, 0.05) is 5.56 Å². The van der Waals surface area contributed by atoms with Gasteiger partial charge in [-0.25, -0.2) is 10.2 Å². The topological polar surface area (TPSA) is 115 Å². The lowest BCUT2D eigenvalue weighted by Gasteiger charge is -2.07. The molecule has 2 amide bonds. The summed E-state index contributed by atoms with van der Waals surface area (Å²) in [7, 11) is 0. The summed E-state index contributed by atoms with van der Waals surface area (Å²) in [4.78, 5) is 36.6. The lowest BCUT2D eigenvalue weighted by molar-refractivity contribution is -0.120. The van der Waals surface area contributed by atoms with Crippen molar-refractivity contribution in [1.82, 2.24) is 10.7 Å². The fourth-order valence-electron chi connectivity index (χ4n) is 3.21. The van der Waals surface area contributed by atoms with E-state index in [-0.39, 0.29) is 12.5 Å². The Labute approximate surface area is 228 Å². The van der Waals surface area contributed by atoms with Crippen molar-refractivity contribution < 1.29 is 28.6 Å². The summed E-state index contributed by atoms with van der Waals surface area (Å²) in [5.74, 6) is 0.432. The number of carbonyl (C=O) groups excluding carboxylic acids is 3. The Hall–Kier alpha value is -4.66. The number of amides is 2. The summed E-state index contributed by atoms with van der Waals surface area (Å²) in [5.41, 5.74) is 3.87. The zero-order valence-corrected chi connectivity index (χ0v) is 22.1. The molecule has 204 valence electrons. The second-order valence-corrected chi connectivity index (χ2v) is 8.53. The first kappa shape index (κ1) is 28.9. The van der Waals surface area contributed by atoms with Crippen LogP contribution >= 0.6 is 0 Å². The first-order chi connectivity index (χ1) is 19.0. The standard InChI is InChI=1S/C30H33N3O6/c1-3-5-19-38-26-14-8-23(9-15-26)29(35)31-21-28(34)33-32-20-22-6-12-27(13-7-22)39-30(36)24-10-16-25(17-11-24)37-18-4-2/h6-17,20H,3-5,18-19,21H2,1-2H3,(H,31,35)(H,33,34). The molecule has 9 heteroatoms. The van der Waals surface area contributed by atoms with E-state index in [0.717, 1.165) is 19.3 Å². The third kappa shape index (κ3) is 9.96. The molecule has 2 N–H and O–H groups in total. The highest BCUT2D eigenvalue weighted by Gasteiger charge is 2.10. The van der Waals surface area contributed by atoms with Gasteiger partial charge in [-0.1, -0.05) is 20.3 Å². The van der Waals surface area contributed by atoms with Crippen molar-refractivity contribution in [3.8, 4) is 17.2 Å². The van der Waals surface area contributed by atoms with Gasteiger partial charge in [0.2, 0.25) is 0 Å². The van der Waals surface area contributed by atoms with E-state index in [0.29, 0.717) is 47.2 Å². The number of benzene rings is 3. The molecule has 0 radical (unpaired) electrons. The number of nitrogens with zero attached hydrogens (tertiary/aromatic N) is 1. The van der Waals surface area contributed by atoms with E-state index in [4.69, 9.17) is 14.2 Å². The Bertz CT molecular complexity index is 1240. The third-order valence-electron chi connectivity index (χ3n) is 5.35. The smallest absolute Gasteiger partial charge is 0.343 e. The highest BCUT2D eigenvalue weighted by atomic mass is 16.5.